The molecule has 12 rings (SSSR count). The van der Waals surface area contributed by atoms with Gasteiger partial charge in [-0.3, -0.25) is 19.2 Å². The van der Waals surface area contributed by atoms with Gasteiger partial charge in [0.25, 0.3) is 11.8 Å². The second-order valence-corrected chi connectivity index (χ2v) is 21.9. The molecule has 4 amide bonds. The minimum atomic E-state index is -0.207. The number of hydrogen-bond acceptors (Lipinski definition) is 6. The molecule has 380 valence electrons. The highest BCUT2D eigenvalue weighted by molar-refractivity contribution is 6.31. The van der Waals surface area contributed by atoms with Crippen molar-refractivity contribution in [3.8, 4) is 0 Å². The van der Waals surface area contributed by atoms with E-state index in [0.29, 0.717) is 21.2 Å². The number of likely N-dealkylation sites (tertiary alicyclic amines) is 2. The van der Waals surface area contributed by atoms with Crippen LogP contribution >= 0.6 is 23.2 Å². The monoisotopic (exact) mass is 1030 g/mol. The molecule has 4 N–H and O–H groups in total. The SMILES string of the molecule is O=C(N[C@@H]1CCCC[C@@H]1C(=O)N1CC[C@@H]2[C@H](c3ccccc3)Nc3cc(Cl)ccc3[C@@H]21)c1ccccc1.O=C(N[C@@H]1CCCC[C@@H]1C(=O)N1CC[C@H]2[C@@H](c3ccccc3)Nc3cc(Cl)ccc3[C@H]21)c1ccccc1. The van der Waals surface area contributed by atoms with Gasteiger partial charge < -0.3 is 31.1 Å². The van der Waals surface area contributed by atoms with Crippen molar-refractivity contribution in [2.24, 2.45) is 23.7 Å². The van der Waals surface area contributed by atoms with Crippen LogP contribution < -0.4 is 21.3 Å². The van der Waals surface area contributed by atoms with Gasteiger partial charge in [-0.2, -0.15) is 0 Å². The summed E-state index contributed by atoms with van der Waals surface area (Å²) >= 11 is 12.8. The highest BCUT2D eigenvalue weighted by Crippen LogP contribution is 2.54. The Morgan fingerprint density at radius 3 is 1.20 bits per heavy atom. The van der Waals surface area contributed by atoms with Crippen molar-refractivity contribution in [1.29, 1.82) is 0 Å². The number of nitrogens with zero attached hydrogens (tertiary/aromatic N) is 2. The summed E-state index contributed by atoms with van der Waals surface area (Å²) in [5.41, 5.74) is 7.98. The van der Waals surface area contributed by atoms with Crippen molar-refractivity contribution in [2.75, 3.05) is 23.7 Å². The predicted molar refractivity (Wildman–Crippen MR) is 293 cm³/mol. The highest BCUT2D eigenvalue weighted by atomic mass is 35.5. The first-order valence-corrected chi connectivity index (χ1v) is 27.5. The van der Waals surface area contributed by atoms with Crippen LogP contribution in [0.3, 0.4) is 0 Å². The quantitative estimate of drug-likeness (QED) is 0.120. The van der Waals surface area contributed by atoms with E-state index in [-0.39, 0.29) is 83.6 Å². The molecule has 6 aromatic rings. The van der Waals surface area contributed by atoms with E-state index in [9.17, 15) is 19.2 Å². The van der Waals surface area contributed by atoms with Crippen LogP contribution in [-0.4, -0.2) is 58.6 Å². The van der Waals surface area contributed by atoms with Crippen LogP contribution in [0.25, 0.3) is 0 Å². The third-order valence-electron chi connectivity index (χ3n) is 16.8. The number of carbonyl (C=O) groups excluding carboxylic acids is 4. The third kappa shape index (κ3) is 10.2. The summed E-state index contributed by atoms with van der Waals surface area (Å²) in [5, 5.41) is 15.3. The fourth-order valence-corrected chi connectivity index (χ4v) is 13.6. The molecule has 2 saturated heterocycles. The molecule has 0 radical (unpaired) electrons. The zero-order chi connectivity index (χ0) is 50.7. The maximum atomic E-state index is 14.2. The summed E-state index contributed by atoms with van der Waals surface area (Å²) < 4.78 is 0. The Balaban J connectivity index is 0.000000159. The van der Waals surface area contributed by atoms with E-state index in [0.717, 1.165) is 99.8 Å². The van der Waals surface area contributed by atoms with E-state index >= 15 is 0 Å². The molecule has 0 spiro atoms. The number of carbonyl (C=O) groups is 4. The number of halogens is 2. The molecule has 74 heavy (non-hydrogen) atoms. The van der Waals surface area contributed by atoms with Gasteiger partial charge in [0.05, 0.1) is 36.0 Å². The van der Waals surface area contributed by atoms with Crippen LogP contribution in [0.4, 0.5) is 11.4 Å². The first kappa shape index (κ1) is 49.6. The Morgan fingerprint density at radius 2 is 0.811 bits per heavy atom. The van der Waals surface area contributed by atoms with E-state index in [1.54, 1.807) is 0 Å². The zero-order valence-corrected chi connectivity index (χ0v) is 43.1. The molecule has 2 saturated carbocycles. The van der Waals surface area contributed by atoms with Gasteiger partial charge in [0.1, 0.15) is 0 Å². The van der Waals surface area contributed by atoms with Crippen LogP contribution in [0.5, 0.6) is 0 Å². The highest BCUT2D eigenvalue weighted by Gasteiger charge is 2.50. The molecule has 6 aliphatic rings. The average molecular weight is 1030 g/mol. The number of benzene rings is 6. The third-order valence-corrected chi connectivity index (χ3v) is 17.3. The minimum Gasteiger partial charge on any atom is -0.378 e. The van der Waals surface area contributed by atoms with Crippen molar-refractivity contribution in [3.63, 3.8) is 0 Å². The molecule has 6 aromatic carbocycles. The molecule has 4 fully saturated rings. The number of hydrogen-bond donors (Lipinski definition) is 4. The average Bonchev–Trinajstić information content (AvgIpc) is 4.10. The van der Waals surface area contributed by atoms with Gasteiger partial charge in [0, 0.05) is 69.6 Å². The molecule has 12 heteroatoms. The molecule has 10 atom stereocenters. The smallest absolute Gasteiger partial charge is 0.251 e. The standard InChI is InChI=1S/2C31H32ClN3O2/c2*32-22-15-16-23-27(19-22)33-28(20-9-3-1-4-10-20)25-17-18-35(29(23)25)31(37)24-13-7-8-14-26(24)34-30(36)21-11-5-2-6-12-21/h2*1-6,9-12,15-16,19,24-26,28-29,33H,7-8,13-14,17-18H2,(H,34,36)/t24-,25+,26+,28-,29-;24-,25-,26+,28+,29+/m00/s1. The predicted octanol–water partition coefficient (Wildman–Crippen LogP) is 12.8. The fraction of sp³-hybridized carbons (Fsp3) is 0.355. The Hall–Kier alpha value is -6.62. The summed E-state index contributed by atoms with van der Waals surface area (Å²) in [6.07, 6.45) is 9.20. The molecule has 4 heterocycles. The van der Waals surface area contributed by atoms with Gasteiger partial charge in [0.15, 0.2) is 0 Å². The Bertz CT molecular complexity index is 2760. The molecule has 0 bridgehead atoms. The topological polar surface area (TPSA) is 123 Å². The Morgan fingerprint density at radius 1 is 0.446 bits per heavy atom. The lowest BCUT2D eigenvalue weighted by Gasteiger charge is -2.42. The maximum Gasteiger partial charge on any atom is 0.251 e. The molecular formula is C62H64Cl2N6O4. The van der Waals surface area contributed by atoms with Gasteiger partial charge in [0.2, 0.25) is 11.8 Å². The number of rotatable bonds is 8. The number of fused-ring (bicyclic) bond motifs is 6. The van der Waals surface area contributed by atoms with Crippen LogP contribution in [0, 0.1) is 23.7 Å². The molecule has 0 aromatic heterocycles. The van der Waals surface area contributed by atoms with E-state index < -0.39 is 0 Å². The van der Waals surface area contributed by atoms with Crippen molar-refractivity contribution in [3.05, 3.63) is 201 Å². The second-order valence-electron chi connectivity index (χ2n) is 21.1. The lowest BCUT2D eigenvalue weighted by Crippen LogP contribution is -2.50. The van der Waals surface area contributed by atoms with Gasteiger partial charge in [-0.15, -0.1) is 0 Å². The maximum absolute atomic E-state index is 14.2. The molecule has 2 aliphatic carbocycles. The summed E-state index contributed by atoms with van der Waals surface area (Å²) in [6, 6.07) is 51.4. The van der Waals surface area contributed by atoms with Crippen LogP contribution in [0.1, 0.15) is 131 Å². The molecular weight excluding hydrogens is 964 g/mol. The van der Waals surface area contributed by atoms with Crippen LogP contribution in [0.15, 0.2) is 158 Å². The second kappa shape index (κ2) is 22.1. The van der Waals surface area contributed by atoms with Crippen molar-refractivity contribution in [1.82, 2.24) is 20.4 Å². The van der Waals surface area contributed by atoms with E-state index in [4.69, 9.17) is 23.2 Å². The lowest BCUT2D eigenvalue weighted by atomic mass is 9.79. The summed E-state index contributed by atoms with van der Waals surface area (Å²) in [6.45, 7) is 1.44. The van der Waals surface area contributed by atoms with Crippen molar-refractivity contribution in [2.45, 2.75) is 100 Å². The Kier molecular flexibility index (Phi) is 14.8. The van der Waals surface area contributed by atoms with Crippen molar-refractivity contribution >= 4 is 58.2 Å². The molecule has 0 unspecified atom stereocenters. The Labute approximate surface area is 444 Å². The van der Waals surface area contributed by atoms with Crippen LogP contribution in [-0.2, 0) is 9.59 Å². The van der Waals surface area contributed by atoms with E-state index in [1.807, 2.05) is 97.1 Å². The largest absolute Gasteiger partial charge is 0.378 e. The van der Waals surface area contributed by atoms with Gasteiger partial charge in [-0.25, -0.2) is 0 Å². The summed E-state index contributed by atoms with van der Waals surface area (Å²) in [5.74, 6) is 0.246. The van der Waals surface area contributed by atoms with Crippen molar-refractivity contribution < 1.29 is 19.2 Å². The molecule has 4 aliphatic heterocycles. The first-order chi connectivity index (χ1) is 36.2. The summed E-state index contributed by atoms with van der Waals surface area (Å²) in [7, 11) is 0. The first-order valence-electron chi connectivity index (χ1n) is 26.7. The van der Waals surface area contributed by atoms with Gasteiger partial charge in [-0.1, -0.05) is 158 Å². The lowest BCUT2D eigenvalue weighted by molar-refractivity contribution is -0.139. The van der Waals surface area contributed by atoms with E-state index in [1.165, 1.54) is 11.1 Å². The van der Waals surface area contributed by atoms with E-state index in [2.05, 4.69) is 91.7 Å². The number of amides is 4. The number of nitrogens with one attached hydrogen (secondary N) is 4. The number of anilines is 2. The van der Waals surface area contributed by atoms with Gasteiger partial charge >= 0.3 is 0 Å². The van der Waals surface area contributed by atoms with Crippen LogP contribution in [0.2, 0.25) is 10.0 Å². The summed E-state index contributed by atoms with van der Waals surface area (Å²) in [4.78, 5) is 58.6. The normalized spacial score (nSPS) is 26.5. The van der Waals surface area contributed by atoms with Gasteiger partial charge in [-0.05, 0) is 109 Å². The molecule has 10 nitrogen and oxygen atoms in total. The minimum absolute atomic E-state index is 0.0152. The fourth-order valence-electron chi connectivity index (χ4n) is 13.3. The zero-order valence-electron chi connectivity index (χ0n) is 41.6.